The molecule has 2 aromatic carbocycles. The second kappa shape index (κ2) is 6.43. The van der Waals surface area contributed by atoms with Crippen molar-refractivity contribution >= 4 is 11.7 Å². The summed E-state index contributed by atoms with van der Waals surface area (Å²) in [6.07, 6.45) is 1.68. The third-order valence-electron chi connectivity index (χ3n) is 4.57. The predicted molar refractivity (Wildman–Crippen MR) is 93.3 cm³/mol. The summed E-state index contributed by atoms with van der Waals surface area (Å²) in [6.45, 7) is 0. The van der Waals surface area contributed by atoms with Crippen LogP contribution in [-0.2, 0) is 0 Å². The van der Waals surface area contributed by atoms with E-state index < -0.39 is 0 Å². The molecular formula is C18H21N5O. The molecule has 2 aromatic rings. The molecule has 0 amide bonds. The van der Waals surface area contributed by atoms with Gasteiger partial charge in [0, 0.05) is 11.1 Å². The van der Waals surface area contributed by atoms with Crippen molar-refractivity contribution in [2.24, 2.45) is 11.5 Å². The lowest BCUT2D eigenvalue weighted by Gasteiger charge is -2.24. The summed E-state index contributed by atoms with van der Waals surface area (Å²) in [6, 6.07) is 14.7. The highest BCUT2D eigenvalue weighted by Crippen LogP contribution is 2.42. The van der Waals surface area contributed by atoms with Crippen molar-refractivity contribution in [3.63, 3.8) is 0 Å². The molecule has 2 unspecified atom stereocenters. The van der Waals surface area contributed by atoms with Crippen LogP contribution in [0.5, 0.6) is 0 Å². The van der Waals surface area contributed by atoms with Gasteiger partial charge in [0.1, 0.15) is 11.7 Å². The first kappa shape index (κ1) is 16.2. The molecule has 3 rings (SSSR count). The van der Waals surface area contributed by atoms with Crippen molar-refractivity contribution in [2.75, 3.05) is 0 Å². The molecule has 124 valence electrons. The Labute approximate surface area is 140 Å². The van der Waals surface area contributed by atoms with E-state index in [1.54, 1.807) is 24.3 Å². The van der Waals surface area contributed by atoms with E-state index in [4.69, 9.17) is 22.3 Å². The number of hydrogen-bond donors (Lipinski definition) is 5. The van der Waals surface area contributed by atoms with Gasteiger partial charge in [-0.3, -0.25) is 10.8 Å². The molecule has 1 aliphatic heterocycles. The monoisotopic (exact) mass is 323 g/mol. The van der Waals surface area contributed by atoms with Gasteiger partial charge < -0.3 is 16.7 Å². The van der Waals surface area contributed by atoms with Gasteiger partial charge in [-0.25, -0.2) is 0 Å². The summed E-state index contributed by atoms with van der Waals surface area (Å²) in [5.74, 6) is 0.0783. The average molecular weight is 323 g/mol. The smallest absolute Gasteiger partial charge is 0.122 e. The lowest BCUT2D eigenvalue weighted by Crippen LogP contribution is -2.22. The number of hydrogen-bond acceptors (Lipinski definition) is 4. The Bertz CT molecular complexity index is 688. The lowest BCUT2D eigenvalue weighted by atomic mass is 10.0. The zero-order valence-electron chi connectivity index (χ0n) is 13.2. The molecule has 0 radical (unpaired) electrons. The Balaban J connectivity index is 1.78. The molecule has 1 heterocycles. The molecular weight excluding hydrogens is 302 g/mol. The van der Waals surface area contributed by atoms with Crippen LogP contribution in [0, 0.1) is 10.8 Å². The van der Waals surface area contributed by atoms with Crippen LogP contribution >= 0.6 is 0 Å². The third kappa shape index (κ3) is 3.02. The maximum Gasteiger partial charge on any atom is 0.122 e. The fourth-order valence-corrected chi connectivity index (χ4v) is 3.21. The number of rotatable bonds is 4. The zero-order chi connectivity index (χ0) is 17.3. The van der Waals surface area contributed by atoms with Crippen LogP contribution in [0.1, 0.15) is 47.2 Å². The molecule has 1 fully saturated rings. The van der Waals surface area contributed by atoms with Crippen molar-refractivity contribution in [2.45, 2.75) is 24.9 Å². The van der Waals surface area contributed by atoms with Crippen molar-refractivity contribution in [1.82, 2.24) is 5.06 Å². The van der Waals surface area contributed by atoms with Gasteiger partial charge in [-0.05, 0) is 24.0 Å². The Morgan fingerprint density at radius 1 is 0.792 bits per heavy atom. The van der Waals surface area contributed by atoms with E-state index in [-0.39, 0.29) is 23.8 Å². The molecule has 0 aliphatic carbocycles. The van der Waals surface area contributed by atoms with E-state index in [0.29, 0.717) is 11.1 Å². The van der Waals surface area contributed by atoms with Gasteiger partial charge in [0.25, 0.3) is 0 Å². The molecule has 0 bridgehead atoms. The van der Waals surface area contributed by atoms with Crippen molar-refractivity contribution in [3.05, 3.63) is 70.8 Å². The van der Waals surface area contributed by atoms with Crippen LogP contribution in [0.2, 0.25) is 0 Å². The lowest BCUT2D eigenvalue weighted by molar-refractivity contribution is -0.137. The molecule has 2 atom stereocenters. The molecule has 24 heavy (non-hydrogen) atoms. The minimum Gasteiger partial charge on any atom is -0.384 e. The van der Waals surface area contributed by atoms with Crippen molar-refractivity contribution < 1.29 is 5.21 Å². The van der Waals surface area contributed by atoms with E-state index in [0.717, 1.165) is 24.0 Å². The summed E-state index contributed by atoms with van der Waals surface area (Å²) in [7, 11) is 0. The van der Waals surface area contributed by atoms with E-state index in [1.807, 2.05) is 24.3 Å². The number of nitrogens with two attached hydrogens (primary N) is 2. The van der Waals surface area contributed by atoms with Crippen LogP contribution < -0.4 is 11.5 Å². The normalized spacial score (nSPS) is 20.9. The largest absolute Gasteiger partial charge is 0.384 e. The summed E-state index contributed by atoms with van der Waals surface area (Å²) >= 11 is 0. The Kier molecular flexibility index (Phi) is 4.33. The van der Waals surface area contributed by atoms with E-state index >= 15 is 0 Å². The van der Waals surface area contributed by atoms with Crippen LogP contribution in [0.4, 0.5) is 0 Å². The third-order valence-corrected chi connectivity index (χ3v) is 4.57. The summed E-state index contributed by atoms with van der Waals surface area (Å²) in [5, 5.41) is 26.9. The quantitative estimate of drug-likeness (QED) is 0.438. The van der Waals surface area contributed by atoms with Crippen LogP contribution in [-0.4, -0.2) is 21.9 Å². The minimum absolute atomic E-state index is 0.0391. The molecule has 0 spiro atoms. The van der Waals surface area contributed by atoms with E-state index in [1.165, 1.54) is 5.06 Å². The van der Waals surface area contributed by atoms with Crippen LogP contribution in [0.25, 0.3) is 0 Å². The van der Waals surface area contributed by atoms with Crippen molar-refractivity contribution in [3.8, 4) is 0 Å². The fourth-order valence-electron chi connectivity index (χ4n) is 3.21. The molecule has 1 aliphatic rings. The molecule has 7 N–H and O–H groups in total. The predicted octanol–water partition coefficient (Wildman–Crippen LogP) is 2.52. The highest BCUT2D eigenvalue weighted by atomic mass is 16.5. The Hall–Kier alpha value is -2.70. The maximum atomic E-state index is 10.6. The SMILES string of the molecule is N=C(N)c1ccc(C2CCC(c3ccc(C(=N)N)cc3)N2O)cc1. The number of nitrogen functional groups attached to an aromatic ring is 2. The number of amidine groups is 2. The summed E-state index contributed by atoms with van der Waals surface area (Å²) < 4.78 is 0. The molecule has 6 nitrogen and oxygen atoms in total. The number of benzene rings is 2. The van der Waals surface area contributed by atoms with E-state index in [9.17, 15) is 5.21 Å². The first-order chi connectivity index (χ1) is 11.5. The van der Waals surface area contributed by atoms with Gasteiger partial charge in [-0.15, -0.1) is 0 Å². The Morgan fingerprint density at radius 2 is 1.12 bits per heavy atom. The molecule has 0 aromatic heterocycles. The number of nitrogens with one attached hydrogen (secondary N) is 2. The highest BCUT2D eigenvalue weighted by Gasteiger charge is 2.34. The van der Waals surface area contributed by atoms with Gasteiger partial charge in [-0.2, -0.15) is 5.06 Å². The first-order valence-electron chi connectivity index (χ1n) is 7.83. The highest BCUT2D eigenvalue weighted by molar-refractivity contribution is 5.95. The maximum absolute atomic E-state index is 10.6. The standard InChI is InChI=1S/C18H21N5O/c19-17(20)13-5-1-11(2-6-13)15-9-10-16(23(15)24)12-3-7-14(8-4-12)18(21)22/h1-8,15-16,24H,9-10H2,(H3,19,20)(H3,21,22). The van der Waals surface area contributed by atoms with Gasteiger partial charge in [-0.1, -0.05) is 48.5 Å². The molecule has 1 saturated heterocycles. The average Bonchev–Trinajstić information content (AvgIpc) is 2.96. The van der Waals surface area contributed by atoms with Crippen LogP contribution in [0.15, 0.2) is 48.5 Å². The number of hydroxylamine groups is 2. The first-order valence-corrected chi connectivity index (χ1v) is 7.83. The van der Waals surface area contributed by atoms with Gasteiger partial charge >= 0.3 is 0 Å². The molecule has 0 saturated carbocycles. The topological polar surface area (TPSA) is 123 Å². The van der Waals surface area contributed by atoms with Gasteiger partial charge in [0.2, 0.25) is 0 Å². The van der Waals surface area contributed by atoms with Gasteiger partial charge in [0.05, 0.1) is 12.1 Å². The van der Waals surface area contributed by atoms with Crippen LogP contribution in [0.3, 0.4) is 0 Å². The summed E-state index contributed by atoms with van der Waals surface area (Å²) in [5.41, 5.74) is 14.3. The molecule has 6 heteroatoms. The number of nitrogens with zero attached hydrogens (tertiary/aromatic N) is 1. The fraction of sp³-hybridized carbons (Fsp3) is 0.222. The Morgan fingerprint density at radius 3 is 1.42 bits per heavy atom. The summed E-state index contributed by atoms with van der Waals surface area (Å²) in [4.78, 5) is 0. The van der Waals surface area contributed by atoms with Crippen molar-refractivity contribution in [1.29, 1.82) is 10.8 Å². The zero-order valence-corrected chi connectivity index (χ0v) is 13.2. The minimum atomic E-state index is -0.0801. The van der Waals surface area contributed by atoms with E-state index in [2.05, 4.69) is 0 Å². The second-order valence-corrected chi connectivity index (χ2v) is 6.06. The second-order valence-electron chi connectivity index (χ2n) is 6.06. The van der Waals surface area contributed by atoms with Gasteiger partial charge in [0.15, 0.2) is 0 Å².